The van der Waals surface area contributed by atoms with Crippen molar-refractivity contribution in [2.45, 2.75) is 44.0 Å². The van der Waals surface area contributed by atoms with Crippen molar-refractivity contribution in [3.63, 3.8) is 0 Å². The molecule has 0 saturated carbocycles. The number of nitrogens with zero attached hydrogens (tertiary/aromatic N) is 5. The SMILES string of the molecule is C#CCCC(=O)CCn1cc(-c2ccc(C)c([S+]([O-])N3CCN(CCc4ccncc4)CC3)c2)cn1. The lowest BCUT2D eigenvalue weighted by molar-refractivity contribution is -0.119. The molecule has 1 atom stereocenters. The molecule has 36 heavy (non-hydrogen) atoms. The van der Waals surface area contributed by atoms with Gasteiger partial charge in [-0.05, 0) is 36.6 Å². The molecule has 1 aromatic carbocycles. The van der Waals surface area contributed by atoms with Crippen LogP contribution in [-0.4, -0.2) is 67.0 Å². The summed E-state index contributed by atoms with van der Waals surface area (Å²) >= 11 is -1.22. The molecule has 7 nitrogen and oxygen atoms in total. The van der Waals surface area contributed by atoms with Gasteiger partial charge in [0.25, 0.3) is 0 Å². The number of terminal acetylenes is 1. The summed E-state index contributed by atoms with van der Waals surface area (Å²) in [5.41, 5.74) is 4.24. The summed E-state index contributed by atoms with van der Waals surface area (Å²) in [5.74, 6) is 2.65. The molecule has 0 amide bonds. The molecule has 1 fully saturated rings. The fourth-order valence-electron chi connectivity index (χ4n) is 4.27. The Morgan fingerprint density at radius 3 is 2.61 bits per heavy atom. The highest BCUT2D eigenvalue weighted by atomic mass is 32.2. The Hall–Kier alpha value is -2.96. The maximum absolute atomic E-state index is 13.5. The van der Waals surface area contributed by atoms with Gasteiger partial charge in [-0.1, -0.05) is 12.1 Å². The standard InChI is InChI=1S/C28H33N5O2S/c1-3-4-5-27(34)11-15-32-22-26(21-30-32)25-7-6-23(2)28(20-25)36(35)33-18-16-31(17-19-33)14-10-24-8-12-29-13-9-24/h1,6-9,12-13,20-22H,4-5,10-11,14-19H2,2H3. The zero-order valence-electron chi connectivity index (χ0n) is 20.8. The van der Waals surface area contributed by atoms with E-state index >= 15 is 0 Å². The van der Waals surface area contributed by atoms with E-state index in [4.69, 9.17) is 6.42 Å². The maximum atomic E-state index is 13.5. The number of ketones is 1. The Bertz CT molecular complexity index is 1180. The lowest BCUT2D eigenvalue weighted by Gasteiger charge is -2.34. The second kappa shape index (κ2) is 12.8. The van der Waals surface area contributed by atoms with Crippen molar-refractivity contribution >= 4 is 17.1 Å². The number of piperazine rings is 1. The number of aromatic nitrogens is 3. The van der Waals surface area contributed by atoms with Crippen molar-refractivity contribution in [3.05, 3.63) is 66.2 Å². The van der Waals surface area contributed by atoms with Gasteiger partial charge in [-0.2, -0.15) is 5.10 Å². The molecule has 8 heteroatoms. The van der Waals surface area contributed by atoms with E-state index in [1.54, 1.807) is 10.9 Å². The van der Waals surface area contributed by atoms with Crippen LogP contribution in [0.5, 0.6) is 0 Å². The van der Waals surface area contributed by atoms with Crippen LogP contribution in [0.25, 0.3) is 11.1 Å². The number of carbonyl (C=O) groups excluding carboxylic acids is 1. The Kier molecular flexibility index (Phi) is 9.31. The van der Waals surface area contributed by atoms with E-state index in [1.165, 1.54) is 5.56 Å². The van der Waals surface area contributed by atoms with Gasteiger partial charge in [-0.25, -0.2) is 0 Å². The number of rotatable bonds is 11. The summed E-state index contributed by atoms with van der Waals surface area (Å²) in [5, 5.41) is 4.41. The second-order valence-corrected chi connectivity index (χ2v) is 10.5. The quantitative estimate of drug-likeness (QED) is 0.294. The van der Waals surface area contributed by atoms with E-state index < -0.39 is 11.4 Å². The molecule has 1 saturated heterocycles. The summed E-state index contributed by atoms with van der Waals surface area (Å²) in [6.45, 7) is 6.90. The topological polar surface area (TPSA) is 77.3 Å². The van der Waals surface area contributed by atoms with Crippen molar-refractivity contribution in [1.82, 2.24) is 24.0 Å². The van der Waals surface area contributed by atoms with Crippen LogP contribution in [0.1, 0.15) is 30.4 Å². The van der Waals surface area contributed by atoms with Gasteiger partial charge >= 0.3 is 0 Å². The van der Waals surface area contributed by atoms with E-state index in [-0.39, 0.29) is 5.78 Å². The highest BCUT2D eigenvalue weighted by Crippen LogP contribution is 2.27. The third-order valence-corrected chi connectivity index (χ3v) is 8.19. The predicted molar refractivity (Wildman–Crippen MR) is 142 cm³/mol. The van der Waals surface area contributed by atoms with Crippen LogP contribution in [0, 0.1) is 19.3 Å². The molecule has 2 aromatic heterocycles. The molecule has 1 aliphatic rings. The van der Waals surface area contributed by atoms with Gasteiger partial charge in [-0.15, -0.1) is 16.6 Å². The molecule has 188 valence electrons. The smallest absolute Gasteiger partial charge is 0.177 e. The first-order valence-electron chi connectivity index (χ1n) is 12.4. The molecule has 0 spiro atoms. The van der Waals surface area contributed by atoms with Crippen molar-refractivity contribution in [2.75, 3.05) is 32.7 Å². The number of aryl methyl sites for hydroxylation is 2. The molecule has 1 aliphatic heterocycles. The van der Waals surface area contributed by atoms with Crippen molar-refractivity contribution in [2.24, 2.45) is 0 Å². The largest absolute Gasteiger partial charge is 0.593 e. The number of pyridine rings is 1. The van der Waals surface area contributed by atoms with Crippen LogP contribution in [-0.2, 0) is 29.1 Å². The highest BCUT2D eigenvalue weighted by Gasteiger charge is 2.29. The van der Waals surface area contributed by atoms with Crippen LogP contribution in [0.2, 0.25) is 0 Å². The Labute approximate surface area is 216 Å². The summed E-state index contributed by atoms with van der Waals surface area (Å²) < 4.78 is 17.4. The van der Waals surface area contributed by atoms with E-state index in [0.29, 0.717) is 25.8 Å². The molecule has 0 aliphatic carbocycles. The minimum Gasteiger partial charge on any atom is -0.593 e. The Morgan fingerprint density at radius 2 is 1.86 bits per heavy atom. The average molecular weight is 504 g/mol. The molecule has 4 rings (SSSR count). The third kappa shape index (κ3) is 7.05. The van der Waals surface area contributed by atoms with E-state index in [0.717, 1.165) is 60.7 Å². The number of benzene rings is 1. The predicted octanol–water partition coefficient (Wildman–Crippen LogP) is 3.51. The van der Waals surface area contributed by atoms with Crippen molar-refractivity contribution in [1.29, 1.82) is 0 Å². The van der Waals surface area contributed by atoms with Crippen LogP contribution in [0.4, 0.5) is 0 Å². The first-order chi connectivity index (χ1) is 17.5. The second-order valence-electron chi connectivity index (χ2n) is 9.09. The minimum atomic E-state index is -1.22. The van der Waals surface area contributed by atoms with Gasteiger partial charge in [-0.3, -0.25) is 14.5 Å². The Morgan fingerprint density at radius 1 is 1.08 bits per heavy atom. The van der Waals surface area contributed by atoms with Gasteiger partial charge in [0.2, 0.25) is 0 Å². The molecule has 0 bridgehead atoms. The monoisotopic (exact) mass is 503 g/mol. The van der Waals surface area contributed by atoms with Crippen LogP contribution in [0.3, 0.4) is 0 Å². The van der Waals surface area contributed by atoms with Gasteiger partial charge < -0.3 is 9.45 Å². The van der Waals surface area contributed by atoms with E-state index in [1.807, 2.05) is 43.7 Å². The summed E-state index contributed by atoms with van der Waals surface area (Å²) in [6.07, 6.45) is 14.9. The molecule has 3 heterocycles. The third-order valence-electron chi connectivity index (χ3n) is 6.54. The molecule has 1 unspecified atom stereocenters. The fourth-order valence-corrected chi connectivity index (χ4v) is 5.62. The zero-order valence-corrected chi connectivity index (χ0v) is 21.6. The number of carbonyl (C=O) groups is 1. The number of hydrogen-bond acceptors (Lipinski definition) is 6. The Balaban J connectivity index is 1.33. The highest BCUT2D eigenvalue weighted by molar-refractivity contribution is 7.89. The lowest BCUT2D eigenvalue weighted by Crippen LogP contribution is -2.49. The molecule has 0 N–H and O–H groups in total. The average Bonchev–Trinajstić information content (AvgIpc) is 3.39. The van der Waals surface area contributed by atoms with Gasteiger partial charge in [0, 0.05) is 81.2 Å². The molecular formula is C28H33N5O2S. The van der Waals surface area contributed by atoms with Crippen LogP contribution >= 0.6 is 0 Å². The maximum Gasteiger partial charge on any atom is 0.177 e. The summed E-state index contributed by atoms with van der Waals surface area (Å²) in [7, 11) is 0. The van der Waals surface area contributed by atoms with E-state index in [2.05, 4.69) is 37.3 Å². The van der Waals surface area contributed by atoms with Gasteiger partial charge in [0.1, 0.15) is 5.78 Å². The first kappa shape index (κ1) is 26.1. The number of Topliss-reactive ketones (excluding diaryl/α,β-unsaturated/α-hetero) is 1. The zero-order chi connectivity index (χ0) is 25.3. The van der Waals surface area contributed by atoms with Crippen LogP contribution in [0.15, 0.2) is 60.0 Å². The van der Waals surface area contributed by atoms with Crippen molar-refractivity contribution in [3.8, 4) is 23.5 Å². The number of hydrogen-bond donors (Lipinski definition) is 0. The minimum absolute atomic E-state index is 0.149. The van der Waals surface area contributed by atoms with Crippen molar-refractivity contribution < 1.29 is 9.35 Å². The molecule has 0 radical (unpaired) electrons. The first-order valence-corrected chi connectivity index (χ1v) is 13.5. The lowest BCUT2D eigenvalue weighted by atomic mass is 10.1. The van der Waals surface area contributed by atoms with E-state index in [9.17, 15) is 9.35 Å². The summed E-state index contributed by atoms with van der Waals surface area (Å²) in [4.78, 5) is 19.3. The van der Waals surface area contributed by atoms with Gasteiger partial charge in [0.05, 0.1) is 30.6 Å². The molecule has 3 aromatic rings. The normalized spacial score (nSPS) is 15.5. The fraction of sp³-hybridized carbons (Fsp3) is 0.393. The summed E-state index contributed by atoms with van der Waals surface area (Å²) in [6, 6.07) is 10.2. The molecular weight excluding hydrogens is 470 g/mol. The van der Waals surface area contributed by atoms with Crippen LogP contribution < -0.4 is 0 Å². The van der Waals surface area contributed by atoms with Gasteiger partial charge in [0.15, 0.2) is 4.90 Å².